The fourth-order valence-corrected chi connectivity index (χ4v) is 4.90. The van der Waals surface area contributed by atoms with Crippen LogP contribution < -0.4 is 10.1 Å². The van der Waals surface area contributed by atoms with E-state index in [2.05, 4.69) is 20.3 Å². The van der Waals surface area contributed by atoms with Crippen LogP contribution >= 0.6 is 0 Å². The lowest BCUT2D eigenvalue weighted by atomic mass is 9.99. The van der Waals surface area contributed by atoms with Gasteiger partial charge in [-0.3, -0.25) is 9.36 Å². The second-order valence-corrected chi connectivity index (χ2v) is 9.75. The van der Waals surface area contributed by atoms with Crippen LogP contribution in [0, 0.1) is 20.8 Å². The van der Waals surface area contributed by atoms with Crippen molar-refractivity contribution in [2.75, 3.05) is 11.9 Å². The van der Waals surface area contributed by atoms with E-state index in [4.69, 9.17) is 14.2 Å². The van der Waals surface area contributed by atoms with Gasteiger partial charge in [0, 0.05) is 5.56 Å². The first kappa shape index (κ1) is 28.0. The number of benzene rings is 2. The molecule has 13 heteroatoms. The maximum absolute atomic E-state index is 13.1. The van der Waals surface area contributed by atoms with Crippen molar-refractivity contribution in [1.29, 1.82) is 0 Å². The number of nitrogens with one attached hydrogen (secondary N) is 1. The van der Waals surface area contributed by atoms with Gasteiger partial charge in [0.05, 0.1) is 18.0 Å². The van der Waals surface area contributed by atoms with Crippen LogP contribution in [0.1, 0.15) is 51.7 Å². The second kappa shape index (κ2) is 11.2. The molecule has 1 aliphatic rings. The van der Waals surface area contributed by atoms with Crippen molar-refractivity contribution < 1.29 is 37.0 Å². The Bertz CT molecular complexity index is 1600. The molecule has 0 radical (unpaired) electrons. The largest absolute Gasteiger partial charge is 0.513 e. The van der Waals surface area contributed by atoms with E-state index >= 15 is 0 Å². The molecule has 1 N–H and O–H groups in total. The molecule has 1 aliphatic heterocycles. The summed E-state index contributed by atoms with van der Waals surface area (Å²) in [4.78, 5) is 38.1. The first-order chi connectivity index (χ1) is 19.5. The number of anilines is 1. The predicted octanol–water partition coefficient (Wildman–Crippen LogP) is 5.92. The van der Waals surface area contributed by atoms with E-state index in [1.54, 1.807) is 4.57 Å². The third-order valence-corrected chi connectivity index (χ3v) is 6.64. The molecule has 2 aromatic carbocycles. The highest BCUT2D eigenvalue weighted by atomic mass is 19.4. The molecular weight excluding hydrogens is 543 g/mol. The summed E-state index contributed by atoms with van der Waals surface area (Å²) in [5.41, 5.74) is 3.22. The number of amides is 1. The molecule has 214 valence electrons. The molecule has 41 heavy (non-hydrogen) atoms. The predicted molar refractivity (Wildman–Crippen MR) is 140 cm³/mol. The number of rotatable bonds is 6. The molecule has 5 rings (SSSR count). The van der Waals surface area contributed by atoms with E-state index in [9.17, 15) is 22.8 Å². The number of hydrogen-bond acceptors (Lipinski definition) is 8. The average Bonchev–Trinajstić information content (AvgIpc) is 3.54. The Morgan fingerprint density at radius 2 is 1.83 bits per heavy atom. The van der Waals surface area contributed by atoms with Gasteiger partial charge >= 0.3 is 12.3 Å². The summed E-state index contributed by atoms with van der Waals surface area (Å²) in [6.07, 6.45) is -2.73. The first-order valence-electron chi connectivity index (χ1n) is 12.7. The minimum Gasteiger partial charge on any atom is -0.431 e. The summed E-state index contributed by atoms with van der Waals surface area (Å²) in [6, 6.07) is 7.83. The Labute approximate surface area is 232 Å². The zero-order valence-electron chi connectivity index (χ0n) is 22.4. The van der Waals surface area contributed by atoms with Gasteiger partial charge in [-0.1, -0.05) is 23.8 Å². The van der Waals surface area contributed by atoms with Crippen molar-refractivity contribution in [1.82, 2.24) is 19.5 Å². The van der Waals surface area contributed by atoms with Gasteiger partial charge in [0.2, 0.25) is 0 Å². The lowest BCUT2D eigenvalue weighted by Crippen LogP contribution is -2.21. The third-order valence-electron chi connectivity index (χ3n) is 6.64. The topological polar surface area (TPSA) is 117 Å². The number of ether oxygens (including phenoxy) is 3. The lowest BCUT2D eigenvalue weighted by Gasteiger charge is -2.15. The Hall–Kier alpha value is -4.52. The zero-order chi connectivity index (χ0) is 29.3. The summed E-state index contributed by atoms with van der Waals surface area (Å²) < 4.78 is 56.3. The highest BCUT2D eigenvalue weighted by molar-refractivity contribution is 6.08. The van der Waals surface area contributed by atoms with Gasteiger partial charge in [0.15, 0.2) is 17.0 Å². The molecule has 0 unspecified atom stereocenters. The number of fused-ring (bicyclic) bond motifs is 1. The summed E-state index contributed by atoms with van der Waals surface area (Å²) in [6.45, 7) is 5.56. The van der Waals surface area contributed by atoms with E-state index in [1.807, 2.05) is 32.9 Å². The third kappa shape index (κ3) is 6.14. The first-order valence-corrected chi connectivity index (χ1v) is 12.7. The Morgan fingerprint density at radius 1 is 1.07 bits per heavy atom. The van der Waals surface area contributed by atoms with Crippen LogP contribution in [0.3, 0.4) is 0 Å². The van der Waals surface area contributed by atoms with Crippen LogP contribution in [-0.2, 0) is 15.7 Å². The summed E-state index contributed by atoms with van der Waals surface area (Å²) >= 11 is 0. The van der Waals surface area contributed by atoms with E-state index < -0.39 is 30.2 Å². The highest BCUT2D eigenvalue weighted by Gasteiger charge is 2.32. The number of nitrogens with zero attached hydrogens (tertiary/aromatic N) is 4. The number of imidazole rings is 1. The number of carbonyl (C=O) groups excluding carboxylic acids is 2. The van der Waals surface area contributed by atoms with Crippen molar-refractivity contribution in [2.45, 2.75) is 52.1 Å². The number of aryl methyl sites for hydroxylation is 3. The smallest absolute Gasteiger partial charge is 0.431 e. The molecule has 0 aliphatic carbocycles. The summed E-state index contributed by atoms with van der Waals surface area (Å²) in [5, 5.41) is 2.84. The van der Waals surface area contributed by atoms with Gasteiger partial charge < -0.3 is 19.5 Å². The van der Waals surface area contributed by atoms with E-state index in [0.29, 0.717) is 29.6 Å². The molecule has 3 heterocycles. The van der Waals surface area contributed by atoms with Crippen LogP contribution in [0.25, 0.3) is 11.2 Å². The van der Waals surface area contributed by atoms with E-state index in [-0.39, 0.29) is 24.1 Å². The fourth-order valence-electron chi connectivity index (χ4n) is 4.90. The fraction of sp³-hybridized carbons (Fsp3) is 0.321. The quantitative estimate of drug-likeness (QED) is 0.225. The van der Waals surface area contributed by atoms with Crippen LogP contribution in [0.5, 0.6) is 5.75 Å². The zero-order valence-corrected chi connectivity index (χ0v) is 22.4. The number of aromatic nitrogens is 4. The number of alkyl halides is 3. The van der Waals surface area contributed by atoms with Crippen molar-refractivity contribution in [2.24, 2.45) is 0 Å². The van der Waals surface area contributed by atoms with Crippen molar-refractivity contribution >= 4 is 29.0 Å². The molecule has 4 aromatic rings. The second-order valence-electron chi connectivity index (χ2n) is 9.75. The van der Waals surface area contributed by atoms with Gasteiger partial charge in [0.25, 0.3) is 5.91 Å². The molecule has 1 fully saturated rings. The number of halogens is 3. The highest BCUT2D eigenvalue weighted by Crippen LogP contribution is 2.33. The minimum atomic E-state index is -4.57. The van der Waals surface area contributed by atoms with E-state index in [1.165, 1.54) is 18.7 Å². The molecule has 0 bridgehead atoms. The Morgan fingerprint density at radius 3 is 2.56 bits per heavy atom. The van der Waals surface area contributed by atoms with Gasteiger partial charge in [-0.2, -0.15) is 13.2 Å². The molecule has 0 saturated carbocycles. The van der Waals surface area contributed by atoms with Gasteiger partial charge in [-0.05, 0) is 62.9 Å². The minimum absolute atomic E-state index is 0.160. The molecule has 0 spiro atoms. The molecular formula is C28H26F3N5O5. The molecule has 1 saturated heterocycles. The van der Waals surface area contributed by atoms with Gasteiger partial charge in [0.1, 0.15) is 24.9 Å². The Balaban J connectivity index is 1.21. The monoisotopic (exact) mass is 569 g/mol. The number of carbonyl (C=O) groups is 2. The normalized spacial score (nSPS) is 17.0. The van der Waals surface area contributed by atoms with Crippen LogP contribution in [0.15, 0.2) is 49.1 Å². The Kier molecular flexibility index (Phi) is 7.63. The maximum atomic E-state index is 13.1. The number of hydrogen-bond donors (Lipinski definition) is 1. The van der Waals surface area contributed by atoms with Crippen molar-refractivity contribution in [3.8, 4) is 5.75 Å². The average molecular weight is 570 g/mol. The molecule has 2 atom stereocenters. The summed E-state index contributed by atoms with van der Waals surface area (Å²) in [5.74, 6) is -0.329. The van der Waals surface area contributed by atoms with Crippen LogP contribution in [-0.4, -0.2) is 44.3 Å². The van der Waals surface area contributed by atoms with Gasteiger partial charge in [-0.15, -0.1) is 0 Å². The van der Waals surface area contributed by atoms with Crippen LogP contribution in [0.4, 0.5) is 23.8 Å². The molecule has 2 aromatic heterocycles. The lowest BCUT2D eigenvalue weighted by molar-refractivity contribution is -0.137. The van der Waals surface area contributed by atoms with Crippen molar-refractivity contribution in [3.05, 3.63) is 76.9 Å². The SMILES string of the molecule is Cc1cc(C)c(C(=O)Nc2ncnc3c2ncn3[C@H]2CC[C@@H](COC(=O)Oc3cccc(C(F)(F)F)c3)O2)c(C)c1. The maximum Gasteiger partial charge on any atom is 0.513 e. The van der Waals surface area contributed by atoms with E-state index in [0.717, 1.165) is 34.9 Å². The molecule has 10 nitrogen and oxygen atoms in total. The van der Waals surface area contributed by atoms with Crippen LogP contribution in [0.2, 0.25) is 0 Å². The summed E-state index contributed by atoms with van der Waals surface area (Å²) in [7, 11) is 0. The molecule has 1 amide bonds. The van der Waals surface area contributed by atoms with Gasteiger partial charge in [-0.25, -0.2) is 19.7 Å². The standard InChI is InChI=1S/C28H26F3N5O5/c1-15-9-16(2)22(17(3)10-15)26(37)35-24-23-25(33-13-32-24)36(14-34-23)21-8-7-20(40-21)12-39-27(38)41-19-6-4-5-18(11-19)28(29,30)31/h4-6,9-11,13-14,20-21H,7-8,12H2,1-3H3,(H,32,33,35,37)/t20-,21+/m0/s1. The van der Waals surface area contributed by atoms with Crippen molar-refractivity contribution in [3.63, 3.8) is 0 Å².